The van der Waals surface area contributed by atoms with Gasteiger partial charge in [0.25, 0.3) is 0 Å². The average Bonchev–Trinajstić information content (AvgIpc) is 2.96. The lowest BCUT2D eigenvalue weighted by molar-refractivity contribution is 0.330. The van der Waals surface area contributed by atoms with E-state index in [0.29, 0.717) is 17.7 Å². The van der Waals surface area contributed by atoms with Gasteiger partial charge >= 0.3 is 0 Å². The molecule has 4 heteroatoms. The number of hydrogen-bond acceptors (Lipinski definition) is 4. The summed E-state index contributed by atoms with van der Waals surface area (Å²) in [6, 6.07) is -0.116. The Balaban J connectivity index is 1.98. The van der Waals surface area contributed by atoms with Crippen LogP contribution >= 0.6 is 0 Å². The van der Waals surface area contributed by atoms with Gasteiger partial charge in [0.05, 0.1) is 6.04 Å². The molecule has 0 saturated heterocycles. The zero-order valence-electron chi connectivity index (χ0n) is 11.7. The van der Waals surface area contributed by atoms with Gasteiger partial charge in [-0.05, 0) is 37.5 Å². The van der Waals surface area contributed by atoms with Gasteiger partial charge in [0.1, 0.15) is 0 Å². The van der Waals surface area contributed by atoms with Gasteiger partial charge in [0.15, 0.2) is 5.82 Å². The van der Waals surface area contributed by atoms with Gasteiger partial charge in [-0.1, -0.05) is 32.3 Å². The molecule has 1 aliphatic rings. The highest BCUT2D eigenvalue weighted by Gasteiger charge is 2.29. The largest absolute Gasteiger partial charge is 0.338 e. The van der Waals surface area contributed by atoms with Crippen molar-refractivity contribution in [1.29, 1.82) is 0 Å². The SMILES string of the molecule is CCC1CCC(c2noc([C@H](N)CC(C)C)n2)C1. The Morgan fingerprint density at radius 3 is 2.78 bits per heavy atom. The molecule has 1 heterocycles. The molecule has 4 nitrogen and oxygen atoms in total. The topological polar surface area (TPSA) is 64.9 Å². The molecule has 0 bridgehead atoms. The first kappa shape index (κ1) is 13.5. The molecule has 1 aromatic heterocycles. The Morgan fingerprint density at radius 1 is 1.39 bits per heavy atom. The molecule has 0 amide bonds. The van der Waals surface area contributed by atoms with Gasteiger partial charge in [-0.2, -0.15) is 4.98 Å². The van der Waals surface area contributed by atoms with E-state index in [1.54, 1.807) is 0 Å². The minimum Gasteiger partial charge on any atom is -0.338 e. The lowest BCUT2D eigenvalue weighted by Gasteiger charge is -2.08. The van der Waals surface area contributed by atoms with Gasteiger partial charge in [-0.15, -0.1) is 0 Å². The van der Waals surface area contributed by atoms with E-state index in [0.717, 1.165) is 18.2 Å². The molecule has 2 rings (SSSR count). The van der Waals surface area contributed by atoms with Crippen LogP contribution in [0.1, 0.15) is 76.6 Å². The second-order valence-corrected chi connectivity index (χ2v) is 6.01. The minimum absolute atomic E-state index is 0.116. The van der Waals surface area contributed by atoms with Gasteiger partial charge in [-0.3, -0.25) is 0 Å². The molecule has 1 saturated carbocycles. The predicted molar refractivity (Wildman–Crippen MR) is 71.1 cm³/mol. The van der Waals surface area contributed by atoms with Crippen molar-refractivity contribution in [2.75, 3.05) is 0 Å². The molecule has 1 aliphatic carbocycles. The minimum atomic E-state index is -0.116. The summed E-state index contributed by atoms with van der Waals surface area (Å²) < 4.78 is 5.32. The van der Waals surface area contributed by atoms with Crippen LogP contribution in [0.3, 0.4) is 0 Å². The zero-order valence-corrected chi connectivity index (χ0v) is 11.7. The first-order valence-electron chi connectivity index (χ1n) is 7.19. The number of aromatic nitrogens is 2. The summed E-state index contributed by atoms with van der Waals surface area (Å²) in [5.74, 6) is 3.35. The maximum absolute atomic E-state index is 6.07. The van der Waals surface area contributed by atoms with Crippen LogP contribution in [-0.4, -0.2) is 10.1 Å². The molecule has 0 aliphatic heterocycles. The second kappa shape index (κ2) is 5.83. The molecule has 102 valence electrons. The molecular formula is C14H25N3O. The van der Waals surface area contributed by atoms with Crippen molar-refractivity contribution >= 4 is 0 Å². The van der Waals surface area contributed by atoms with Crippen molar-refractivity contribution in [3.05, 3.63) is 11.7 Å². The van der Waals surface area contributed by atoms with Crippen LogP contribution in [0.4, 0.5) is 0 Å². The van der Waals surface area contributed by atoms with E-state index in [2.05, 4.69) is 30.9 Å². The highest BCUT2D eigenvalue weighted by atomic mass is 16.5. The van der Waals surface area contributed by atoms with E-state index in [1.165, 1.54) is 25.7 Å². The van der Waals surface area contributed by atoms with Crippen LogP contribution in [0.2, 0.25) is 0 Å². The van der Waals surface area contributed by atoms with Crippen molar-refractivity contribution < 1.29 is 4.52 Å². The van der Waals surface area contributed by atoms with Crippen LogP contribution in [0.15, 0.2) is 4.52 Å². The summed E-state index contributed by atoms with van der Waals surface area (Å²) in [6.07, 6.45) is 5.84. The fourth-order valence-electron chi connectivity index (χ4n) is 2.85. The van der Waals surface area contributed by atoms with Crippen LogP contribution < -0.4 is 5.73 Å². The molecule has 18 heavy (non-hydrogen) atoms. The van der Waals surface area contributed by atoms with Crippen LogP contribution in [0, 0.1) is 11.8 Å². The summed E-state index contributed by atoms with van der Waals surface area (Å²) in [4.78, 5) is 4.51. The van der Waals surface area contributed by atoms with E-state index < -0.39 is 0 Å². The van der Waals surface area contributed by atoms with E-state index in [4.69, 9.17) is 10.3 Å². The highest BCUT2D eigenvalue weighted by Crippen LogP contribution is 2.38. The predicted octanol–water partition coefficient (Wildman–Crippen LogP) is 3.41. The zero-order chi connectivity index (χ0) is 13.1. The number of rotatable bonds is 5. The van der Waals surface area contributed by atoms with Gasteiger partial charge in [0.2, 0.25) is 5.89 Å². The third-order valence-corrected chi connectivity index (χ3v) is 3.98. The smallest absolute Gasteiger partial charge is 0.243 e. The third-order valence-electron chi connectivity index (χ3n) is 3.98. The number of nitrogens with zero attached hydrogens (tertiary/aromatic N) is 2. The monoisotopic (exact) mass is 251 g/mol. The molecule has 0 spiro atoms. The van der Waals surface area contributed by atoms with Gasteiger partial charge in [-0.25, -0.2) is 0 Å². The Hall–Kier alpha value is -0.900. The van der Waals surface area contributed by atoms with E-state index >= 15 is 0 Å². The first-order valence-corrected chi connectivity index (χ1v) is 7.19. The average molecular weight is 251 g/mol. The lowest BCUT2D eigenvalue weighted by atomic mass is 10.0. The summed E-state index contributed by atoms with van der Waals surface area (Å²) in [6.45, 7) is 6.56. The normalized spacial score (nSPS) is 25.8. The Kier molecular flexibility index (Phi) is 4.38. The highest BCUT2D eigenvalue weighted by molar-refractivity contribution is 5.01. The van der Waals surface area contributed by atoms with Crippen molar-refractivity contribution in [3.8, 4) is 0 Å². The Labute approximate surface area is 109 Å². The summed E-state index contributed by atoms with van der Waals surface area (Å²) in [5.41, 5.74) is 6.07. The second-order valence-electron chi connectivity index (χ2n) is 6.01. The van der Waals surface area contributed by atoms with Crippen molar-refractivity contribution in [2.24, 2.45) is 17.6 Å². The fraction of sp³-hybridized carbons (Fsp3) is 0.857. The van der Waals surface area contributed by atoms with Crippen LogP contribution in [-0.2, 0) is 0 Å². The van der Waals surface area contributed by atoms with E-state index in [9.17, 15) is 0 Å². The molecular weight excluding hydrogens is 226 g/mol. The molecule has 1 aromatic rings. The number of nitrogens with two attached hydrogens (primary N) is 1. The quantitative estimate of drug-likeness (QED) is 0.871. The van der Waals surface area contributed by atoms with Crippen LogP contribution in [0.5, 0.6) is 0 Å². The molecule has 2 unspecified atom stereocenters. The molecule has 0 radical (unpaired) electrons. The summed E-state index contributed by atoms with van der Waals surface area (Å²) in [5, 5.41) is 4.13. The maximum Gasteiger partial charge on any atom is 0.243 e. The van der Waals surface area contributed by atoms with Crippen LogP contribution in [0.25, 0.3) is 0 Å². The third kappa shape index (κ3) is 3.10. The van der Waals surface area contributed by atoms with Crippen molar-refractivity contribution in [1.82, 2.24) is 10.1 Å². The first-order chi connectivity index (χ1) is 8.60. The fourth-order valence-corrected chi connectivity index (χ4v) is 2.85. The van der Waals surface area contributed by atoms with Gasteiger partial charge < -0.3 is 10.3 Å². The maximum atomic E-state index is 6.07. The summed E-state index contributed by atoms with van der Waals surface area (Å²) >= 11 is 0. The standard InChI is InChI=1S/C14H25N3O/c1-4-10-5-6-11(8-10)13-16-14(18-17-13)12(15)7-9(2)3/h9-12H,4-8,15H2,1-3H3/t10?,11?,12-/m1/s1. The molecule has 0 aromatic carbocycles. The van der Waals surface area contributed by atoms with Crippen molar-refractivity contribution in [2.45, 2.75) is 64.8 Å². The van der Waals surface area contributed by atoms with Gasteiger partial charge in [0, 0.05) is 5.92 Å². The van der Waals surface area contributed by atoms with Crippen molar-refractivity contribution in [3.63, 3.8) is 0 Å². The summed E-state index contributed by atoms with van der Waals surface area (Å²) in [7, 11) is 0. The Morgan fingerprint density at radius 2 is 2.17 bits per heavy atom. The Bertz CT molecular complexity index is 375. The van der Waals surface area contributed by atoms with E-state index in [-0.39, 0.29) is 6.04 Å². The lowest BCUT2D eigenvalue weighted by Crippen LogP contribution is -2.13. The molecule has 1 fully saturated rings. The molecule has 3 atom stereocenters. The number of hydrogen-bond donors (Lipinski definition) is 1. The molecule has 2 N–H and O–H groups in total. The van der Waals surface area contributed by atoms with E-state index in [1.807, 2.05) is 0 Å².